The minimum absolute atomic E-state index is 0. The Morgan fingerprint density at radius 3 is 0.815 bits per heavy atom. The van der Waals surface area contributed by atoms with E-state index in [1.807, 2.05) is 0 Å². The maximum absolute atomic E-state index is 12.1. The molecule has 65 heavy (non-hydrogen) atoms. The van der Waals surface area contributed by atoms with Crippen LogP contribution < -0.4 is 16.4 Å². The Kier molecular flexibility index (Phi) is 40.4. The molecule has 5 aromatic rings. The molecule has 8 N–H and O–H groups in total. The smallest absolute Gasteiger partial charge is 0.424 e. The van der Waals surface area contributed by atoms with Crippen molar-refractivity contribution in [2.45, 2.75) is 41.5 Å². The van der Waals surface area contributed by atoms with Gasteiger partial charge in [-0.2, -0.15) is 0 Å². The SMILES string of the molecule is C.C.C.O=C(C=CB(O)O)CC(=O)c1ccccc1.O=C(CC(=O)c1ccc(B(O)O)cc1)c1ccc(B(O)O)cc1.O=C(CC(=O)c1ccc(B(O)O)cc1)c1ccccc1.[Eu+3].[Eu+3].[Eu+3]. The quantitative estimate of drug-likeness (QED) is 0.0303. The summed E-state index contributed by atoms with van der Waals surface area (Å²) in [7, 11) is -6.46. The van der Waals surface area contributed by atoms with Gasteiger partial charge < -0.3 is 40.2 Å². The molecule has 0 heterocycles. The van der Waals surface area contributed by atoms with Crippen LogP contribution in [0, 0.1) is 148 Å². The fourth-order valence-electron chi connectivity index (χ4n) is 4.98. The van der Waals surface area contributed by atoms with E-state index in [1.54, 1.807) is 60.7 Å². The van der Waals surface area contributed by atoms with Gasteiger partial charge in [0.05, 0.1) is 19.3 Å². The van der Waals surface area contributed by atoms with Gasteiger partial charge >= 0.3 is 177 Å². The van der Waals surface area contributed by atoms with Crippen molar-refractivity contribution in [3.8, 4) is 0 Å². The van der Waals surface area contributed by atoms with Crippen LogP contribution in [0.3, 0.4) is 0 Å². The van der Waals surface area contributed by atoms with Crippen LogP contribution in [0.4, 0.5) is 0 Å². The van der Waals surface area contributed by atoms with Gasteiger partial charge in [0, 0.05) is 27.8 Å². The van der Waals surface area contributed by atoms with Crippen molar-refractivity contribution in [3.63, 3.8) is 0 Å². The molecule has 21 heteroatoms. The number of Topliss-reactive ketones (excluding diaryl/α,β-unsaturated/α-hetero) is 5. The molecule has 334 valence electrons. The Balaban J connectivity index is -0.000000416. The van der Waals surface area contributed by atoms with Crippen LogP contribution in [-0.4, -0.2) is 103 Å². The van der Waals surface area contributed by atoms with Crippen molar-refractivity contribution in [1.29, 1.82) is 0 Å². The van der Waals surface area contributed by atoms with Gasteiger partial charge in [-0.25, -0.2) is 0 Å². The Labute approximate surface area is 503 Å². The standard InChI is InChI=1S/C15H14B2O6.C15H13BO4.C11H11BO4.3CH4.3Eu/c18-14(10-1-5-12(6-2-10)16(20)21)9-15(19)11-3-7-13(8-4-11)17(22)23;17-14(11-4-2-1-3-5-11)10-15(18)12-6-8-13(9-7-12)16(19)20;13-10(6-7-12(15)16)8-11(14)9-4-2-1-3-5-9;;;;;;/h1-8,20-23H,9H2;1-9,19-20H,10H2;1-7,15-16H,8H2;3*1H4;;;/q;;;;;;3*+3. The summed E-state index contributed by atoms with van der Waals surface area (Å²) in [5, 5.41) is 70.9. The topological polar surface area (TPSA) is 264 Å². The first-order chi connectivity index (χ1) is 28.0. The number of hydrogen-bond donors (Lipinski definition) is 8. The molecule has 0 unspecified atom stereocenters. The van der Waals surface area contributed by atoms with Crippen molar-refractivity contribution >= 4 is 79.6 Å². The molecule has 0 aromatic heterocycles. The largest absolute Gasteiger partial charge is 3.00 e. The van der Waals surface area contributed by atoms with Gasteiger partial charge in [-0.15, -0.1) is 0 Å². The second-order valence-electron chi connectivity index (χ2n) is 12.6. The van der Waals surface area contributed by atoms with E-state index >= 15 is 0 Å². The van der Waals surface area contributed by atoms with Crippen LogP contribution in [0.2, 0.25) is 0 Å². The summed E-state index contributed by atoms with van der Waals surface area (Å²) in [4.78, 5) is 70.7. The van der Waals surface area contributed by atoms with Crippen molar-refractivity contribution in [2.24, 2.45) is 0 Å². The fourth-order valence-corrected chi connectivity index (χ4v) is 4.98. The average molecular weight is 1300 g/mol. The molecule has 5 rings (SSSR count). The molecule has 0 saturated carbocycles. The molecule has 0 spiro atoms. The second kappa shape index (κ2) is 37.4. The molecule has 0 aliphatic rings. The van der Waals surface area contributed by atoms with Crippen LogP contribution in [-0.2, 0) is 4.79 Å². The van der Waals surface area contributed by atoms with E-state index in [0.717, 1.165) is 12.1 Å². The maximum atomic E-state index is 12.1. The summed E-state index contributed by atoms with van der Waals surface area (Å²) in [6.45, 7) is 0. The minimum Gasteiger partial charge on any atom is -0.424 e. The molecule has 0 amide bonds. The van der Waals surface area contributed by atoms with E-state index in [4.69, 9.17) is 40.2 Å². The first kappa shape index (κ1) is 70.1. The van der Waals surface area contributed by atoms with E-state index < -0.39 is 34.3 Å². The molecule has 0 bridgehead atoms. The molecule has 14 nitrogen and oxygen atoms in total. The van der Waals surface area contributed by atoms with Gasteiger partial charge in [-0.05, 0) is 22.5 Å². The third kappa shape index (κ3) is 26.2. The van der Waals surface area contributed by atoms with Crippen LogP contribution in [0.1, 0.15) is 93.3 Å². The number of rotatable bonds is 16. The van der Waals surface area contributed by atoms with Gasteiger partial charge in [-0.3, -0.25) is 28.8 Å². The minimum atomic E-state index is -1.67. The Morgan fingerprint density at radius 1 is 0.354 bits per heavy atom. The molecule has 0 fully saturated rings. The monoisotopic (exact) mass is 1310 g/mol. The molecule has 0 aliphatic carbocycles. The predicted molar refractivity (Wildman–Crippen MR) is 242 cm³/mol. The fraction of sp³-hybridized carbons (Fsp3) is 0.136. The number of carbonyl (C=O) groups is 6. The molecule has 5 aromatic carbocycles. The van der Waals surface area contributed by atoms with Crippen LogP contribution in [0.15, 0.2) is 146 Å². The zero-order valence-electron chi connectivity index (χ0n) is 32.4. The predicted octanol–water partition coefficient (Wildman–Crippen LogP) is 1.63. The van der Waals surface area contributed by atoms with E-state index in [0.29, 0.717) is 33.3 Å². The van der Waals surface area contributed by atoms with Gasteiger partial charge in [0.15, 0.2) is 34.7 Å². The number of ketones is 6. The summed E-state index contributed by atoms with van der Waals surface area (Å²) in [6.07, 6.45) is 0.186. The molecular formula is C44H50B4Eu3O14+9. The van der Waals surface area contributed by atoms with Crippen molar-refractivity contribution in [3.05, 3.63) is 173 Å². The summed E-state index contributed by atoms with van der Waals surface area (Å²) in [5.41, 5.74) is 2.75. The summed E-state index contributed by atoms with van der Waals surface area (Å²) in [5.74, 6) is -1.13. The van der Waals surface area contributed by atoms with Crippen molar-refractivity contribution in [1.82, 2.24) is 0 Å². The Bertz CT molecular complexity index is 2150. The number of carbonyl (C=O) groups excluding carboxylic acids is 6. The zero-order valence-corrected chi connectivity index (χ0v) is 39.7. The van der Waals surface area contributed by atoms with Crippen molar-refractivity contribution in [2.75, 3.05) is 0 Å². The second-order valence-corrected chi connectivity index (χ2v) is 12.6. The van der Waals surface area contributed by atoms with E-state index in [1.165, 1.54) is 72.8 Å². The van der Waals surface area contributed by atoms with Gasteiger partial charge in [0.25, 0.3) is 0 Å². The first-order valence-corrected chi connectivity index (χ1v) is 17.8. The first-order valence-electron chi connectivity index (χ1n) is 17.8. The zero-order chi connectivity index (χ0) is 43.5. The number of allylic oxidation sites excluding steroid dienone is 1. The van der Waals surface area contributed by atoms with Crippen molar-refractivity contribution < 1.29 is 217 Å². The molecular weight excluding hydrogens is 1250 g/mol. The Hall–Kier alpha value is -1.45. The van der Waals surface area contributed by atoms with Crippen LogP contribution >= 0.6 is 0 Å². The molecule has 0 radical (unpaired) electrons. The molecule has 0 aliphatic heterocycles. The number of benzene rings is 5. The van der Waals surface area contributed by atoms with Gasteiger partial charge in [0.2, 0.25) is 0 Å². The number of hydrogen-bond acceptors (Lipinski definition) is 14. The van der Waals surface area contributed by atoms with E-state index in [-0.39, 0.29) is 230 Å². The third-order valence-electron chi connectivity index (χ3n) is 8.22. The van der Waals surface area contributed by atoms with Crippen LogP contribution in [0.25, 0.3) is 0 Å². The van der Waals surface area contributed by atoms with Crippen LogP contribution in [0.5, 0.6) is 0 Å². The Morgan fingerprint density at radius 2 is 0.585 bits per heavy atom. The third-order valence-corrected chi connectivity index (χ3v) is 8.22. The van der Waals surface area contributed by atoms with E-state index in [2.05, 4.69) is 0 Å². The molecule has 0 saturated heterocycles. The van der Waals surface area contributed by atoms with E-state index in [9.17, 15) is 28.8 Å². The maximum Gasteiger partial charge on any atom is 3.00 e. The van der Waals surface area contributed by atoms with Gasteiger partial charge in [-0.1, -0.05) is 162 Å². The van der Waals surface area contributed by atoms with Gasteiger partial charge in [0.1, 0.15) is 0 Å². The normalized spacial score (nSPS) is 9.29. The summed E-state index contributed by atoms with van der Waals surface area (Å²) < 4.78 is 0. The summed E-state index contributed by atoms with van der Waals surface area (Å²) >= 11 is 0. The molecule has 0 atom stereocenters. The average Bonchev–Trinajstić information content (AvgIpc) is 3.24. The summed E-state index contributed by atoms with van der Waals surface area (Å²) in [6, 6.07) is 34.3.